The topological polar surface area (TPSA) is 46.3 Å². The van der Waals surface area contributed by atoms with Crippen LogP contribution < -0.4 is 0 Å². The van der Waals surface area contributed by atoms with Crippen LogP contribution in [-0.2, 0) is 0 Å². The van der Waals surface area contributed by atoms with Gasteiger partial charge in [0.05, 0.1) is 11.7 Å². The predicted molar refractivity (Wildman–Crippen MR) is 75.4 cm³/mol. The quantitative estimate of drug-likeness (QED) is 0.841. The van der Waals surface area contributed by atoms with E-state index in [-0.39, 0.29) is 11.9 Å². The van der Waals surface area contributed by atoms with Crippen LogP contribution in [0, 0.1) is 13.8 Å². The van der Waals surface area contributed by atoms with Crippen LogP contribution in [0.5, 0.6) is 0 Å². The molecular weight excluding hydrogens is 252 g/mol. The first kappa shape index (κ1) is 12.9. The van der Waals surface area contributed by atoms with Gasteiger partial charge >= 0.3 is 0 Å². The van der Waals surface area contributed by atoms with Crippen LogP contribution in [0.25, 0.3) is 0 Å². The lowest BCUT2D eigenvalue weighted by atomic mass is 10.1. The van der Waals surface area contributed by atoms with Gasteiger partial charge in [0.1, 0.15) is 0 Å². The molecule has 1 amide bonds. The summed E-state index contributed by atoms with van der Waals surface area (Å²) < 4.78 is 5.34. The molecule has 0 aliphatic carbocycles. The van der Waals surface area contributed by atoms with Crippen LogP contribution in [0.3, 0.4) is 0 Å². The minimum Gasteiger partial charge on any atom is -0.359 e. The van der Waals surface area contributed by atoms with Gasteiger partial charge in [0.25, 0.3) is 5.91 Å². The summed E-state index contributed by atoms with van der Waals surface area (Å²) in [4.78, 5) is 14.5. The SMILES string of the molecule is Cc1ccc(C(=O)N2CCCC2c2cc(C)no2)cc1. The van der Waals surface area contributed by atoms with E-state index in [1.54, 1.807) is 0 Å². The first-order valence-corrected chi connectivity index (χ1v) is 6.96. The van der Waals surface area contributed by atoms with E-state index in [0.29, 0.717) is 0 Å². The molecule has 3 rings (SSSR count). The summed E-state index contributed by atoms with van der Waals surface area (Å²) in [7, 11) is 0. The molecule has 4 heteroatoms. The van der Waals surface area contributed by atoms with Gasteiger partial charge in [-0.2, -0.15) is 0 Å². The number of hydrogen-bond acceptors (Lipinski definition) is 3. The Morgan fingerprint density at radius 3 is 2.70 bits per heavy atom. The fourth-order valence-corrected chi connectivity index (χ4v) is 2.71. The molecule has 1 aromatic carbocycles. The zero-order valence-corrected chi connectivity index (χ0v) is 11.8. The van der Waals surface area contributed by atoms with Crippen molar-refractivity contribution in [2.24, 2.45) is 0 Å². The molecule has 104 valence electrons. The van der Waals surface area contributed by atoms with Gasteiger partial charge in [0, 0.05) is 18.2 Å². The maximum Gasteiger partial charge on any atom is 0.254 e. The lowest BCUT2D eigenvalue weighted by Crippen LogP contribution is -2.30. The van der Waals surface area contributed by atoms with Crippen LogP contribution >= 0.6 is 0 Å². The number of amides is 1. The van der Waals surface area contributed by atoms with Gasteiger partial charge in [0.2, 0.25) is 0 Å². The van der Waals surface area contributed by atoms with Crippen LogP contribution in [0.4, 0.5) is 0 Å². The Hall–Kier alpha value is -2.10. The molecule has 1 aliphatic heterocycles. The zero-order valence-electron chi connectivity index (χ0n) is 11.8. The lowest BCUT2D eigenvalue weighted by molar-refractivity contribution is 0.0714. The summed E-state index contributed by atoms with van der Waals surface area (Å²) in [5.41, 5.74) is 2.75. The van der Waals surface area contributed by atoms with Gasteiger partial charge in [-0.05, 0) is 38.8 Å². The fourth-order valence-electron chi connectivity index (χ4n) is 2.71. The first-order valence-electron chi connectivity index (χ1n) is 6.96. The molecule has 1 fully saturated rings. The van der Waals surface area contributed by atoms with E-state index >= 15 is 0 Å². The molecule has 0 saturated carbocycles. The third-order valence-electron chi connectivity index (χ3n) is 3.79. The Labute approximate surface area is 118 Å². The van der Waals surface area contributed by atoms with Gasteiger partial charge in [-0.1, -0.05) is 22.9 Å². The third-order valence-corrected chi connectivity index (χ3v) is 3.79. The summed E-state index contributed by atoms with van der Waals surface area (Å²) >= 11 is 0. The monoisotopic (exact) mass is 270 g/mol. The molecule has 1 aromatic heterocycles. The Balaban J connectivity index is 1.85. The number of hydrogen-bond donors (Lipinski definition) is 0. The summed E-state index contributed by atoms with van der Waals surface area (Å²) in [6.45, 7) is 4.69. The van der Waals surface area contributed by atoms with Crippen LogP contribution in [0.15, 0.2) is 34.9 Å². The second-order valence-corrected chi connectivity index (χ2v) is 5.39. The summed E-state index contributed by atoms with van der Waals surface area (Å²) in [6, 6.07) is 9.65. The first-order chi connectivity index (χ1) is 9.65. The Morgan fingerprint density at radius 2 is 2.05 bits per heavy atom. The van der Waals surface area contributed by atoms with Crippen LogP contribution in [-0.4, -0.2) is 22.5 Å². The highest BCUT2D eigenvalue weighted by atomic mass is 16.5. The molecule has 1 unspecified atom stereocenters. The van der Waals surface area contributed by atoms with Gasteiger partial charge < -0.3 is 9.42 Å². The molecule has 0 N–H and O–H groups in total. The minimum atomic E-state index is 0.0185. The van der Waals surface area contributed by atoms with Crippen molar-refractivity contribution in [3.05, 3.63) is 52.9 Å². The second kappa shape index (κ2) is 5.12. The molecule has 20 heavy (non-hydrogen) atoms. The van der Waals surface area contributed by atoms with E-state index in [0.717, 1.165) is 42.0 Å². The molecule has 1 saturated heterocycles. The van der Waals surface area contributed by atoms with Crippen molar-refractivity contribution in [1.82, 2.24) is 10.1 Å². The maximum absolute atomic E-state index is 12.6. The van der Waals surface area contributed by atoms with E-state index in [2.05, 4.69) is 5.16 Å². The van der Waals surface area contributed by atoms with E-state index in [1.807, 2.05) is 49.1 Å². The number of benzene rings is 1. The van der Waals surface area contributed by atoms with Gasteiger partial charge in [-0.3, -0.25) is 4.79 Å². The molecule has 1 aliphatic rings. The van der Waals surface area contributed by atoms with E-state index in [4.69, 9.17) is 4.52 Å². The van der Waals surface area contributed by atoms with Gasteiger partial charge in [-0.15, -0.1) is 0 Å². The molecule has 0 radical (unpaired) electrons. The van der Waals surface area contributed by atoms with Crippen molar-refractivity contribution in [2.45, 2.75) is 32.7 Å². The Morgan fingerprint density at radius 1 is 1.30 bits per heavy atom. The van der Waals surface area contributed by atoms with Crippen LogP contribution in [0.1, 0.15) is 46.3 Å². The van der Waals surface area contributed by atoms with E-state index in [9.17, 15) is 4.79 Å². The highest BCUT2D eigenvalue weighted by Gasteiger charge is 2.33. The van der Waals surface area contributed by atoms with Crippen molar-refractivity contribution in [1.29, 1.82) is 0 Å². The zero-order chi connectivity index (χ0) is 14.1. The largest absolute Gasteiger partial charge is 0.359 e. The molecule has 0 spiro atoms. The highest BCUT2D eigenvalue weighted by molar-refractivity contribution is 5.94. The molecule has 2 aromatic rings. The number of likely N-dealkylation sites (tertiary alicyclic amines) is 1. The summed E-state index contributed by atoms with van der Waals surface area (Å²) in [5.74, 6) is 0.863. The Kier molecular flexibility index (Phi) is 3.30. The average molecular weight is 270 g/mol. The van der Waals surface area contributed by atoms with Crippen molar-refractivity contribution in [2.75, 3.05) is 6.54 Å². The third kappa shape index (κ3) is 2.33. The number of carbonyl (C=O) groups is 1. The molecule has 2 heterocycles. The average Bonchev–Trinajstić information content (AvgIpc) is 3.07. The normalized spacial score (nSPS) is 18.5. The number of aryl methyl sites for hydroxylation is 2. The smallest absolute Gasteiger partial charge is 0.254 e. The van der Waals surface area contributed by atoms with Crippen LogP contribution in [0.2, 0.25) is 0 Å². The standard InChI is InChI=1S/C16H18N2O2/c1-11-5-7-13(8-6-11)16(19)18-9-3-4-14(18)15-10-12(2)17-20-15/h5-8,10,14H,3-4,9H2,1-2H3. The molecule has 4 nitrogen and oxygen atoms in total. The lowest BCUT2D eigenvalue weighted by Gasteiger charge is -2.22. The molecular formula is C16H18N2O2. The summed E-state index contributed by atoms with van der Waals surface area (Å²) in [6.07, 6.45) is 1.94. The number of nitrogens with zero attached hydrogens (tertiary/aromatic N) is 2. The highest BCUT2D eigenvalue weighted by Crippen LogP contribution is 2.33. The predicted octanol–water partition coefficient (Wildman–Crippen LogP) is 3.27. The number of carbonyl (C=O) groups excluding carboxylic acids is 1. The second-order valence-electron chi connectivity index (χ2n) is 5.39. The number of aromatic nitrogens is 1. The fraction of sp³-hybridized carbons (Fsp3) is 0.375. The molecule has 0 bridgehead atoms. The van der Waals surface area contributed by atoms with Crippen molar-refractivity contribution in [3.63, 3.8) is 0 Å². The Bertz CT molecular complexity index is 616. The maximum atomic E-state index is 12.6. The van der Waals surface area contributed by atoms with E-state index < -0.39 is 0 Å². The minimum absolute atomic E-state index is 0.0185. The van der Waals surface area contributed by atoms with E-state index in [1.165, 1.54) is 0 Å². The van der Waals surface area contributed by atoms with Crippen molar-refractivity contribution in [3.8, 4) is 0 Å². The van der Waals surface area contributed by atoms with Crippen molar-refractivity contribution >= 4 is 5.91 Å². The van der Waals surface area contributed by atoms with Crippen molar-refractivity contribution < 1.29 is 9.32 Å². The van der Waals surface area contributed by atoms with Gasteiger partial charge in [0.15, 0.2) is 5.76 Å². The summed E-state index contributed by atoms with van der Waals surface area (Å²) in [5, 5.41) is 3.93. The number of rotatable bonds is 2. The van der Waals surface area contributed by atoms with Gasteiger partial charge in [-0.25, -0.2) is 0 Å². The molecule has 1 atom stereocenters.